The van der Waals surface area contributed by atoms with E-state index in [0.717, 1.165) is 32.1 Å². The van der Waals surface area contributed by atoms with E-state index in [0.29, 0.717) is 58.7 Å². The largest absolute Gasteiger partial charge is 0.460 e. The monoisotopic (exact) mass is 723 g/mol. The highest BCUT2D eigenvalue weighted by atomic mass is 16.6. The van der Waals surface area contributed by atoms with Crippen LogP contribution in [0.25, 0.3) is 0 Å². The maximum Gasteiger partial charge on any atom is 0.437 e. The van der Waals surface area contributed by atoms with Gasteiger partial charge in [-0.15, -0.1) is 4.99 Å². The average molecular weight is 724 g/mol. The highest BCUT2D eigenvalue weighted by Gasteiger charge is 2.38. The Labute approximate surface area is 305 Å². The number of guanidine groups is 1. The predicted octanol–water partition coefficient (Wildman–Crippen LogP) is 5.27. The molecule has 3 amide bonds. The molecule has 0 aromatic rings. The summed E-state index contributed by atoms with van der Waals surface area (Å²) >= 11 is 0. The Bertz CT molecular complexity index is 1190. The highest BCUT2D eigenvalue weighted by molar-refractivity contribution is 5.99. The van der Waals surface area contributed by atoms with Crippen LogP contribution in [0, 0.1) is 0 Å². The summed E-state index contributed by atoms with van der Waals surface area (Å²) in [5, 5.41) is 2.63. The molecule has 14 heteroatoms. The number of ether oxygens (including phenoxy) is 5. The van der Waals surface area contributed by atoms with Crippen LogP contribution in [0.1, 0.15) is 120 Å². The number of rotatable bonds is 9. The molecule has 292 valence electrons. The van der Waals surface area contributed by atoms with Gasteiger partial charge in [-0.3, -0.25) is 19.8 Å². The molecule has 3 rings (SSSR count). The maximum atomic E-state index is 14.3. The van der Waals surface area contributed by atoms with Gasteiger partial charge in [0.25, 0.3) is 0 Å². The molecule has 0 aromatic carbocycles. The van der Waals surface area contributed by atoms with E-state index in [4.69, 9.17) is 23.7 Å². The van der Waals surface area contributed by atoms with E-state index in [9.17, 15) is 19.2 Å². The normalized spacial score (nSPS) is 22.0. The van der Waals surface area contributed by atoms with E-state index in [-0.39, 0.29) is 42.4 Å². The Morgan fingerprint density at radius 1 is 0.843 bits per heavy atom. The molecule has 0 aromatic heterocycles. The fraction of sp³-hybridized carbons (Fsp3) is 0.865. The maximum absolute atomic E-state index is 14.3. The van der Waals surface area contributed by atoms with Crippen molar-refractivity contribution in [3.05, 3.63) is 0 Å². The van der Waals surface area contributed by atoms with E-state index in [1.807, 2.05) is 42.5 Å². The number of likely N-dealkylation sites (tertiary alicyclic amines) is 2. The zero-order chi connectivity index (χ0) is 38.0. The van der Waals surface area contributed by atoms with Gasteiger partial charge in [-0.05, 0) is 121 Å². The number of nitrogens with zero attached hydrogens (tertiary/aromatic N) is 4. The Kier molecular flexibility index (Phi) is 15.5. The molecule has 1 unspecified atom stereocenters. The van der Waals surface area contributed by atoms with Crippen molar-refractivity contribution in [2.45, 2.75) is 161 Å². The molecular weight excluding hydrogens is 658 g/mol. The number of hydrogen-bond acceptors (Lipinski definition) is 10. The van der Waals surface area contributed by atoms with Gasteiger partial charge < -0.3 is 33.5 Å². The summed E-state index contributed by atoms with van der Waals surface area (Å²) in [6.45, 7) is 19.4. The average Bonchev–Trinajstić information content (AvgIpc) is 3.01. The number of esters is 1. The lowest BCUT2D eigenvalue weighted by atomic mass is 9.96. The summed E-state index contributed by atoms with van der Waals surface area (Å²) in [7, 11) is 1.92. The Morgan fingerprint density at radius 3 is 2.08 bits per heavy atom. The Hall–Kier alpha value is -2.97. The van der Waals surface area contributed by atoms with Crippen molar-refractivity contribution < 1.29 is 42.9 Å². The summed E-state index contributed by atoms with van der Waals surface area (Å²) in [5.74, 6) is -0.339. The van der Waals surface area contributed by atoms with E-state index < -0.39 is 35.0 Å². The first-order valence-electron chi connectivity index (χ1n) is 18.7. The van der Waals surface area contributed by atoms with Gasteiger partial charge in [-0.2, -0.15) is 0 Å². The second kappa shape index (κ2) is 18.7. The summed E-state index contributed by atoms with van der Waals surface area (Å²) in [6.07, 6.45) is 5.11. The molecule has 3 aliphatic heterocycles. The number of carbonyl (C=O) groups excluding carboxylic acids is 4. The number of carbonyl (C=O) groups is 4. The number of alkyl carbamates (subject to hydrolysis) is 1. The SMILES string of the molecule is CN(C1CCCOC1)[C@@H](CC(=O)OC(C)(C)C)C(=O)N1CCCC[C@H]1CCOC1CCN(C(=NC(=O)OC(C)(C)C)NC(=O)OC(C)(C)C)CC1. The van der Waals surface area contributed by atoms with Crippen molar-refractivity contribution in [2.24, 2.45) is 4.99 Å². The van der Waals surface area contributed by atoms with E-state index in [2.05, 4.69) is 10.3 Å². The number of amides is 3. The molecule has 0 radical (unpaired) electrons. The molecule has 3 saturated heterocycles. The second-order valence-corrected chi connectivity index (χ2v) is 16.9. The number of aliphatic imine (C=N–C) groups is 1. The van der Waals surface area contributed by atoms with Gasteiger partial charge in [0.1, 0.15) is 16.8 Å². The fourth-order valence-corrected chi connectivity index (χ4v) is 6.58. The lowest BCUT2D eigenvalue weighted by molar-refractivity contribution is -0.160. The van der Waals surface area contributed by atoms with Gasteiger partial charge in [0.15, 0.2) is 0 Å². The lowest BCUT2D eigenvalue weighted by Crippen LogP contribution is -2.56. The highest BCUT2D eigenvalue weighted by Crippen LogP contribution is 2.26. The van der Waals surface area contributed by atoms with Crippen molar-refractivity contribution in [3.63, 3.8) is 0 Å². The molecule has 51 heavy (non-hydrogen) atoms. The van der Waals surface area contributed by atoms with Crippen LogP contribution < -0.4 is 5.32 Å². The number of likely N-dealkylation sites (N-methyl/N-ethyl adjacent to an activating group) is 1. The van der Waals surface area contributed by atoms with E-state index >= 15 is 0 Å². The van der Waals surface area contributed by atoms with Crippen molar-refractivity contribution in [2.75, 3.05) is 46.5 Å². The molecule has 0 bridgehead atoms. The lowest BCUT2D eigenvalue weighted by Gasteiger charge is -2.42. The van der Waals surface area contributed by atoms with Gasteiger partial charge in [0.05, 0.1) is 25.2 Å². The third kappa shape index (κ3) is 15.3. The Morgan fingerprint density at radius 2 is 1.49 bits per heavy atom. The molecule has 0 aliphatic carbocycles. The first-order valence-corrected chi connectivity index (χ1v) is 18.7. The molecule has 0 saturated carbocycles. The number of nitrogens with one attached hydrogen (secondary N) is 1. The predicted molar refractivity (Wildman–Crippen MR) is 193 cm³/mol. The van der Waals surface area contributed by atoms with Crippen molar-refractivity contribution >= 4 is 30.0 Å². The summed E-state index contributed by atoms with van der Waals surface area (Å²) in [4.78, 5) is 62.3. The van der Waals surface area contributed by atoms with Crippen LogP contribution in [0.2, 0.25) is 0 Å². The van der Waals surface area contributed by atoms with Gasteiger partial charge >= 0.3 is 18.2 Å². The minimum atomic E-state index is -0.801. The summed E-state index contributed by atoms with van der Waals surface area (Å²) in [6, 6.07) is -0.570. The second-order valence-electron chi connectivity index (χ2n) is 16.9. The standard InChI is InChI=1S/C37H65N5O9/c1-35(2,3)49-30(43)24-29(40(10)27-15-13-22-47-25-27)31(44)42-19-12-11-14-26(42)18-23-48-28-16-20-41(21-17-28)32(38-33(45)50-36(4,5)6)39-34(46)51-37(7,8)9/h26-29H,11-25H2,1-10H3,(H,38,39,45,46)/t26-,27?,29-/m0/s1. The van der Waals surface area contributed by atoms with Crippen molar-refractivity contribution in [3.8, 4) is 0 Å². The van der Waals surface area contributed by atoms with Crippen molar-refractivity contribution in [1.29, 1.82) is 0 Å². The van der Waals surface area contributed by atoms with E-state index in [1.54, 1.807) is 41.5 Å². The zero-order valence-corrected chi connectivity index (χ0v) is 32.9. The Balaban J connectivity index is 1.61. The summed E-state index contributed by atoms with van der Waals surface area (Å²) < 4.78 is 28.5. The molecule has 3 atom stereocenters. The van der Waals surface area contributed by atoms with Crippen molar-refractivity contribution in [1.82, 2.24) is 20.0 Å². The fourth-order valence-electron chi connectivity index (χ4n) is 6.58. The minimum absolute atomic E-state index is 0.00840. The first kappa shape index (κ1) is 42.4. The van der Waals surface area contributed by atoms with Crippen LogP contribution in [0.15, 0.2) is 4.99 Å². The third-order valence-electron chi connectivity index (χ3n) is 8.93. The molecule has 1 N–H and O–H groups in total. The quantitative estimate of drug-likeness (QED) is 0.144. The van der Waals surface area contributed by atoms with Crippen LogP contribution >= 0.6 is 0 Å². The third-order valence-corrected chi connectivity index (χ3v) is 8.93. The van der Waals surface area contributed by atoms with Gasteiger partial charge in [0, 0.05) is 44.9 Å². The molecule has 3 fully saturated rings. The smallest absolute Gasteiger partial charge is 0.437 e. The van der Waals surface area contributed by atoms with Gasteiger partial charge in [0.2, 0.25) is 11.9 Å². The van der Waals surface area contributed by atoms with Crippen LogP contribution in [0.3, 0.4) is 0 Å². The molecule has 3 heterocycles. The molecule has 14 nitrogen and oxygen atoms in total. The first-order chi connectivity index (χ1) is 23.7. The zero-order valence-electron chi connectivity index (χ0n) is 32.9. The van der Waals surface area contributed by atoms with Crippen LogP contribution in [-0.4, -0.2) is 132 Å². The van der Waals surface area contributed by atoms with Crippen LogP contribution in [-0.2, 0) is 33.3 Å². The summed E-state index contributed by atoms with van der Waals surface area (Å²) in [5.41, 5.74) is -2.10. The topological polar surface area (TPSA) is 149 Å². The van der Waals surface area contributed by atoms with E-state index in [1.165, 1.54) is 0 Å². The van der Waals surface area contributed by atoms with Gasteiger partial charge in [-0.1, -0.05) is 0 Å². The number of piperidine rings is 2. The molecule has 0 spiro atoms. The number of hydrogen-bond donors (Lipinski definition) is 1. The van der Waals surface area contributed by atoms with Crippen LogP contribution in [0.4, 0.5) is 9.59 Å². The molecular formula is C37H65N5O9. The molecule has 3 aliphatic rings. The van der Waals surface area contributed by atoms with Crippen LogP contribution in [0.5, 0.6) is 0 Å². The van der Waals surface area contributed by atoms with Gasteiger partial charge in [-0.25, -0.2) is 9.59 Å². The minimum Gasteiger partial charge on any atom is -0.460 e.